The van der Waals surface area contributed by atoms with Crippen molar-refractivity contribution in [3.8, 4) is 11.5 Å². The number of ketones is 1. The van der Waals surface area contributed by atoms with E-state index in [9.17, 15) is 34.8 Å². The molecule has 5 saturated heterocycles. The van der Waals surface area contributed by atoms with Crippen LogP contribution in [0.15, 0.2) is 48.6 Å². The van der Waals surface area contributed by atoms with Crippen LogP contribution in [0.3, 0.4) is 0 Å². The SMILES string of the molecule is CCC(C(=O)[O-])C1CCC(C)C(C(C)C(O)C(C)C(=O)C(CC)C2OC3(C=CC(O)C4(CCC(C)(C5CCC(O)(CC)C(C)O5)O4)O3)C(C)CC2C)O1.O=C(C=CC=Cc1ccc2c(c1)OCO2)N1CCCCC1.[Na+]. The molecular formula is C59H88NNaO14. The number of benzene rings is 1. The molecule has 3 N–H and O–H groups in total. The number of nitrogens with zero attached hydrogens (tertiary/aromatic N) is 1. The number of likely N-dealkylation sites (tertiary alicyclic amines) is 1. The number of carbonyl (C=O) groups is 3. The first-order chi connectivity index (χ1) is 35.1. The van der Waals surface area contributed by atoms with Crippen molar-refractivity contribution >= 4 is 23.7 Å². The number of Topliss-reactive ketones (excluding diaryl/α,β-unsaturated/α-hetero) is 1. The third kappa shape index (κ3) is 13.5. The number of carbonyl (C=O) groups excluding carboxylic acids is 3. The van der Waals surface area contributed by atoms with Gasteiger partial charge in [0.15, 0.2) is 17.3 Å². The van der Waals surface area contributed by atoms with Gasteiger partial charge in [0.05, 0.1) is 47.8 Å². The van der Waals surface area contributed by atoms with Crippen LogP contribution in [0.5, 0.6) is 11.5 Å². The van der Waals surface area contributed by atoms with Crippen LogP contribution in [0.25, 0.3) is 6.08 Å². The molecule has 0 bridgehead atoms. The van der Waals surface area contributed by atoms with Crippen LogP contribution in [-0.4, -0.2) is 123 Å². The van der Waals surface area contributed by atoms with Crippen molar-refractivity contribution in [3.63, 3.8) is 0 Å². The van der Waals surface area contributed by atoms with Crippen LogP contribution >= 0.6 is 0 Å². The van der Waals surface area contributed by atoms with E-state index in [1.165, 1.54) is 6.42 Å². The largest absolute Gasteiger partial charge is 1.00 e. The molecule has 18 unspecified atom stereocenters. The number of carboxylic acid groups (broad SMARTS) is 1. The van der Waals surface area contributed by atoms with E-state index in [1.807, 2.05) is 76.8 Å². The zero-order chi connectivity index (χ0) is 53.8. The van der Waals surface area contributed by atoms with Gasteiger partial charge in [0.1, 0.15) is 11.9 Å². The number of allylic oxidation sites excluding steroid dienone is 2. The van der Waals surface area contributed by atoms with Gasteiger partial charge in [-0.25, -0.2) is 0 Å². The number of hydrogen-bond donors (Lipinski definition) is 3. The predicted molar refractivity (Wildman–Crippen MR) is 277 cm³/mol. The maximum absolute atomic E-state index is 14.4. The van der Waals surface area contributed by atoms with Crippen LogP contribution in [0.2, 0.25) is 0 Å². The Morgan fingerprint density at radius 2 is 1.57 bits per heavy atom. The fourth-order valence-electron chi connectivity index (χ4n) is 13.0. The van der Waals surface area contributed by atoms with E-state index in [1.54, 1.807) is 31.2 Å². The summed E-state index contributed by atoms with van der Waals surface area (Å²) in [5, 5.41) is 46.0. The Kier molecular flexibility index (Phi) is 21.4. The molecule has 75 heavy (non-hydrogen) atoms. The van der Waals surface area contributed by atoms with E-state index in [0.29, 0.717) is 57.8 Å². The molecule has 18 atom stereocenters. The Morgan fingerprint density at radius 1 is 0.867 bits per heavy atom. The molecule has 0 aromatic heterocycles. The Hall–Kier alpha value is -2.67. The second kappa shape index (κ2) is 26.1. The predicted octanol–water partition coefficient (Wildman–Crippen LogP) is 4.85. The number of amides is 1. The molecule has 5 fully saturated rings. The van der Waals surface area contributed by atoms with Gasteiger partial charge in [-0.3, -0.25) is 9.59 Å². The summed E-state index contributed by atoms with van der Waals surface area (Å²) in [6, 6.07) is 5.79. The van der Waals surface area contributed by atoms with Crippen molar-refractivity contribution in [1.82, 2.24) is 4.90 Å². The molecule has 2 spiro atoms. The van der Waals surface area contributed by atoms with Crippen molar-refractivity contribution in [2.24, 2.45) is 41.4 Å². The maximum Gasteiger partial charge on any atom is 1.00 e. The van der Waals surface area contributed by atoms with Crippen LogP contribution in [-0.2, 0) is 38.1 Å². The summed E-state index contributed by atoms with van der Waals surface area (Å²) >= 11 is 0. The van der Waals surface area contributed by atoms with Crippen LogP contribution in [0.1, 0.15) is 158 Å². The zero-order valence-electron chi connectivity index (χ0n) is 46.9. The molecule has 1 amide bonds. The number of hydrogen-bond acceptors (Lipinski definition) is 14. The Balaban J connectivity index is 0.000000345. The topological polar surface area (TPSA) is 203 Å². The summed E-state index contributed by atoms with van der Waals surface area (Å²) in [5.41, 5.74) is -0.613. The van der Waals surface area contributed by atoms with Crippen LogP contribution in [0.4, 0.5) is 0 Å². The van der Waals surface area contributed by atoms with E-state index >= 15 is 0 Å². The minimum atomic E-state index is -1.37. The fraction of sp³-hybridized carbons (Fsp3) is 0.746. The molecule has 8 rings (SSSR count). The summed E-state index contributed by atoms with van der Waals surface area (Å²) in [6.45, 7) is 21.6. The Bertz CT molecular complexity index is 2180. The molecule has 0 aliphatic carbocycles. The van der Waals surface area contributed by atoms with Gasteiger partial charge >= 0.3 is 29.6 Å². The van der Waals surface area contributed by atoms with Crippen molar-refractivity contribution in [2.75, 3.05) is 19.9 Å². The Labute approximate surface area is 468 Å². The van der Waals surface area contributed by atoms with E-state index in [4.69, 9.17) is 33.2 Å². The number of rotatable bonds is 15. The first kappa shape index (κ1) is 61.5. The van der Waals surface area contributed by atoms with Gasteiger partial charge in [-0.05, 0) is 133 Å². The molecule has 7 aliphatic rings. The number of piperidine rings is 1. The molecule has 15 nitrogen and oxygen atoms in total. The summed E-state index contributed by atoms with van der Waals surface area (Å²) in [6.07, 6.45) is 15.9. The molecule has 1 aromatic carbocycles. The number of ether oxygens (including phenoxy) is 7. The van der Waals surface area contributed by atoms with Gasteiger partial charge in [0.25, 0.3) is 0 Å². The van der Waals surface area contributed by atoms with E-state index in [0.717, 1.165) is 49.4 Å². The smallest absolute Gasteiger partial charge is 0.550 e. The van der Waals surface area contributed by atoms with Crippen molar-refractivity contribution < 1.29 is 97.5 Å². The molecule has 414 valence electrons. The van der Waals surface area contributed by atoms with Gasteiger partial charge in [-0.15, -0.1) is 0 Å². The number of aliphatic hydroxyl groups excluding tert-OH is 2. The molecule has 1 aromatic rings. The second-order valence-corrected chi connectivity index (χ2v) is 23.1. The first-order valence-corrected chi connectivity index (χ1v) is 28.1. The maximum atomic E-state index is 14.4. The fourth-order valence-corrected chi connectivity index (χ4v) is 13.0. The van der Waals surface area contributed by atoms with Crippen molar-refractivity contribution in [1.29, 1.82) is 0 Å². The van der Waals surface area contributed by atoms with Crippen LogP contribution < -0.4 is 44.1 Å². The average Bonchev–Trinajstić information content (AvgIpc) is 4.01. The quantitative estimate of drug-likeness (QED) is 0.0931. The van der Waals surface area contributed by atoms with Crippen LogP contribution in [0, 0.1) is 41.4 Å². The van der Waals surface area contributed by atoms with E-state index in [2.05, 4.69) is 20.8 Å². The summed E-state index contributed by atoms with van der Waals surface area (Å²) in [4.78, 5) is 40.1. The second-order valence-electron chi connectivity index (χ2n) is 23.1. The zero-order valence-corrected chi connectivity index (χ0v) is 48.9. The molecule has 0 saturated carbocycles. The molecule has 7 aliphatic heterocycles. The number of carboxylic acids is 1. The van der Waals surface area contributed by atoms with Gasteiger partial charge < -0.3 is 63.3 Å². The summed E-state index contributed by atoms with van der Waals surface area (Å²) < 4.78 is 44.0. The number of fused-ring (bicyclic) bond motifs is 1. The monoisotopic (exact) mass is 1060 g/mol. The van der Waals surface area contributed by atoms with Gasteiger partial charge in [0.2, 0.25) is 18.5 Å². The van der Waals surface area contributed by atoms with Crippen molar-refractivity contribution in [3.05, 3.63) is 54.1 Å². The summed E-state index contributed by atoms with van der Waals surface area (Å²) in [5.74, 6) is -4.58. The van der Waals surface area contributed by atoms with Crippen molar-refractivity contribution in [2.45, 2.75) is 218 Å². The molecule has 16 heteroatoms. The minimum absolute atomic E-state index is 0. The van der Waals surface area contributed by atoms with Gasteiger partial charge in [0, 0.05) is 61.1 Å². The molecule has 0 radical (unpaired) electrons. The number of aliphatic hydroxyl groups is 3. The summed E-state index contributed by atoms with van der Waals surface area (Å²) in [7, 11) is 0. The molecular weight excluding hydrogens is 970 g/mol. The van der Waals surface area contributed by atoms with E-state index < -0.39 is 82.9 Å². The number of aliphatic carboxylic acids is 1. The van der Waals surface area contributed by atoms with Gasteiger partial charge in [-0.2, -0.15) is 0 Å². The third-order valence-corrected chi connectivity index (χ3v) is 18.1. The normalized spacial score (nSPS) is 37.6. The standard InChI is InChI=1S/C42H70O11.C17H19NO3.Na/c1-11-29(38(46)47)31-15-14-23(4)36(50-31)27(8)34(44)26(7)35(45)30(12-2)37-24(5)22-25(6)41(51-37)19-16-32(43)42(53-41)21-20-39(10,52-42)33-17-18-40(48,13-3)28(9)49-33;19-17(18-10-4-1-5-11-18)7-3-2-6-14-8-9-15-16(12-14)21-13-20-15;/h16,19,23-34,36-37,43-44,48H,11-15,17-18,20-22H2,1-10H3,(H,46,47);2-3,6-9,12H,1,4-5,10-11,13H2;/q;;+1/p-1. The van der Waals surface area contributed by atoms with Gasteiger partial charge in [-0.1, -0.05) is 79.7 Å². The average molecular weight is 1060 g/mol. The Morgan fingerprint density at radius 3 is 2.24 bits per heavy atom. The van der Waals surface area contributed by atoms with E-state index in [-0.39, 0.29) is 78.0 Å². The minimum Gasteiger partial charge on any atom is -0.550 e. The first-order valence-electron chi connectivity index (χ1n) is 28.1. The molecule has 7 heterocycles. The third-order valence-electron chi connectivity index (χ3n) is 18.1.